The maximum atomic E-state index is 14.2. The molecule has 11 amide bonds. The highest BCUT2D eigenvalue weighted by Gasteiger charge is 2.48. The minimum absolute atomic E-state index is 0.00280. The van der Waals surface area contributed by atoms with Gasteiger partial charge in [-0.25, -0.2) is 22.9 Å². The number of carboxylic acids is 3. The molecule has 6 heterocycles. The fraction of sp³-hybridized carbons (Fsp3) is 0.476. The quantitative estimate of drug-likeness (QED) is 0.0103. The standard InChI is InChI=1S/C42H55FN12O12.C35H52N12O11.C7H5FO2/c43-24-13-11-23(12-14-24)37(62)48-19-30-33(59)34(60)35(61)36(67-30)41(66)46-15-5-4-10-29-40(65)51-25(9-6-16-47-42(44)45)38(63)49-20-31(56)50-27(18-32(57)58)39(64)52-26(28-21-55(29)54-53-28)17-22-7-2-1-3-8-22;36-15-24-27(51)28(52)29(53)30(58-24)34(57)39-11-5-4-10-23-33(56)43-19(9-6-12-40-35(37)38)31(54)41-16-25(48)42-21(14-26(49)50)32(55)44-20(22-17-47(23)46-45-22)13-18-7-2-1-3-8-18;8-6-3-1-5(2-4-6)7(9)10/h1-3,7-8,11-14,21,25-27,29-30,33-36,59-61H,4-6,9-10,15-20H2,(H,46,66)(H,48,62)(H,49,63)(H,50,56)(H,51,65)(H,52,64)(H,57,58)(H4,44,45,47);1-3,7-8,17,19-21,23-24,27-30,51-53H,4-6,9-16,36H2,(H,39,57)(H,41,54)(H,42,48)(H,43,56)(H,44,55)(H,49,50)(H4,37,38,40);1-4H,(H,9,10)/t25-,26-,27-,29-,30+,33-,34?,35-,36?;19-,20-,21-,23-,24+,27-,28?,29-,30?;/m00./s1. The molecule has 2 saturated heterocycles. The fourth-order valence-electron chi connectivity index (χ4n) is 14.3. The second kappa shape index (κ2) is 52.9. The lowest BCUT2D eigenvalue weighted by atomic mass is 9.94. The van der Waals surface area contributed by atoms with E-state index in [-0.39, 0.29) is 144 Å². The molecule has 4 aliphatic heterocycles. The number of ether oxygens (including phenoxy) is 2. The van der Waals surface area contributed by atoms with E-state index in [1.807, 2.05) is 0 Å². The lowest BCUT2D eigenvalue weighted by molar-refractivity contribution is -0.218. The van der Waals surface area contributed by atoms with Crippen molar-refractivity contribution in [2.75, 3.05) is 52.4 Å². The molecular weight excluding hydrogens is 1780 g/mol. The van der Waals surface area contributed by atoms with Crippen LogP contribution < -0.4 is 87.2 Å². The molecule has 135 heavy (non-hydrogen) atoms. The molecule has 4 unspecified atom stereocenters. The molecule has 2 aromatic heterocycles. The van der Waals surface area contributed by atoms with E-state index in [0.717, 1.165) is 35.4 Å². The molecule has 0 radical (unpaired) electrons. The molecule has 4 bridgehead atoms. The number of nitrogens with zero attached hydrogens (tertiary/aromatic N) is 8. The van der Waals surface area contributed by atoms with E-state index in [4.69, 9.17) is 43.2 Å². The summed E-state index contributed by atoms with van der Waals surface area (Å²) in [7, 11) is 0. The second-order valence-corrected chi connectivity index (χ2v) is 31.6. The minimum atomic E-state index is -1.85. The Morgan fingerprint density at radius 1 is 0.437 bits per heavy atom. The van der Waals surface area contributed by atoms with E-state index in [0.29, 0.717) is 6.42 Å². The molecule has 51 heteroatoms. The first-order chi connectivity index (χ1) is 64.4. The number of rotatable bonds is 33. The second-order valence-electron chi connectivity index (χ2n) is 31.6. The Hall–Kier alpha value is -14.2. The first-order valence-corrected chi connectivity index (χ1v) is 42.9. The largest absolute Gasteiger partial charge is 0.481 e. The zero-order valence-corrected chi connectivity index (χ0v) is 72.8. The Morgan fingerprint density at radius 2 is 0.822 bits per heavy atom. The molecule has 0 aliphatic carbocycles. The van der Waals surface area contributed by atoms with Crippen LogP contribution in [0.15, 0.2) is 132 Å². The third kappa shape index (κ3) is 33.5. The average molecular weight is 1900 g/mol. The number of unbranched alkanes of at least 4 members (excludes halogenated alkanes) is 2. The van der Waals surface area contributed by atoms with Crippen molar-refractivity contribution in [2.45, 2.75) is 199 Å². The maximum absolute atomic E-state index is 14.2. The maximum Gasteiger partial charge on any atom is 0.335 e. The first kappa shape index (κ1) is 106. The molecule has 0 spiro atoms. The SMILES string of the molecule is NC(N)=NCCC[C@@H]1NC(=O)[C@H](CCCCNC(=O)C2O[C@H](CNC(=O)c3ccc(F)cc3)[C@H](O)C(O)[C@@H]2O)n2cc(nn2)[C@H](Cc2ccccc2)NC(=O)[C@H](CC(=O)O)NC(=O)CNC1=O.NC[C@H]1OC(C(=O)NCCCC[C@H]2C(=O)N[C@@H](CCCN=C(N)N)C(=O)NCC(=O)N[C@@H](CC(=O)O)C(=O)N[C@@H](Cc3ccccc3)c3cn2nn3)[C@@H](O)C(O)[C@H]1O.O=C(O)c1ccc(F)cc1. The summed E-state index contributed by atoms with van der Waals surface area (Å²) < 4.78 is 39.0. The number of benzene rings is 4. The van der Waals surface area contributed by atoms with Crippen molar-refractivity contribution in [1.29, 1.82) is 0 Å². The molecular formula is C84H112F2N24O25. The molecule has 18 atom stereocenters. The normalized spacial score (nSPS) is 24.6. The number of carbonyl (C=O) groups is 14. The van der Waals surface area contributed by atoms with Gasteiger partial charge in [0.05, 0.1) is 62.1 Å². The molecule has 30 N–H and O–H groups in total. The highest BCUT2D eigenvalue weighted by molar-refractivity contribution is 5.97. The number of nitrogens with one attached hydrogen (secondary N) is 11. The number of aliphatic hydroxyl groups excluding tert-OH is 6. The molecule has 10 rings (SSSR count). The van der Waals surface area contributed by atoms with E-state index in [9.17, 15) is 117 Å². The lowest BCUT2D eigenvalue weighted by Gasteiger charge is -2.40. The van der Waals surface area contributed by atoms with Crippen molar-refractivity contribution in [2.24, 2.45) is 38.7 Å². The van der Waals surface area contributed by atoms with Gasteiger partial charge in [0.2, 0.25) is 47.3 Å². The Balaban J connectivity index is 0.000000302. The van der Waals surface area contributed by atoms with Crippen molar-refractivity contribution in [3.05, 3.63) is 167 Å². The number of carbonyl (C=O) groups excluding carboxylic acids is 11. The van der Waals surface area contributed by atoms with Crippen LogP contribution in [0.1, 0.15) is 144 Å². The number of aromatic nitrogens is 6. The van der Waals surface area contributed by atoms with E-state index in [1.165, 1.54) is 46.0 Å². The van der Waals surface area contributed by atoms with Crippen LogP contribution in [0.25, 0.3) is 0 Å². The Labute approximate surface area is 768 Å². The molecule has 4 aliphatic rings. The van der Waals surface area contributed by atoms with Crippen LogP contribution in [0.5, 0.6) is 0 Å². The minimum Gasteiger partial charge on any atom is -0.481 e. The van der Waals surface area contributed by atoms with E-state index < -0.39 is 230 Å². The van der Waals surface area contributed by atoms with Crippen LogP contribution in [0.4, 0.5) is 8.78 Å². The van der Waals surface area contributed by atoms with Crippen LogP contribution >= 0.6 is 0 Å². The third-order valence-corrected chi connectivity index (χ3v) is 21.5. The van der Waals surface area contributed by atoms with Crippen LogP contribution in [-0.2, 0) is 79.8 Å². The number of fused-ring (bicyclic) bond motifs is 4. The van der Waals surface area contributed by atoms with Gasteiger partial charge in [-0.05, 0) is 137 Å². The Morgan fingerprint density at radius 3 is 1.21 bits per heavy atom. The predicted molar refractivity (Wildman–Crippen MR) is 466 cm³/mol. The Bertz CT molecular complexity index is 5060. The molecule has 6 aromatic rings. The summed E-state index contributed by atoms with van der Waals surface area (Å²) in [6, 6.07) is 17.6. The number of aliphatic hydroxyl groups is 6. The van der Waals surface area contributed by atoms with E-state index in [2.05, 4.69) is 89.1 Å². The average Bonchev–Trinajstić information content (AvgIpc) is 1.03. The van der Waals surface area contributed by atoms with Crippen molar-refractivity contribution >= 4 is 94.8 Å². The number of halogens is 2. The monoisotopic (exact) mass is 1890 g/mol. The van der Waals surface area contributed by atoms with Crippen molar-refractivity contribution in [3.63, 3.8) is 0 Å². The summed E-state index contributed by atoms with van der Waals surface area (Å²) in [5, 5.41) is 135. The van der Waals surface area contributed by atoms with Gasteiger partial charge >= 0.3 is 17.9 Å². The summed E-state index contributed by atoms with van der Waals surface area (Å²) in [6.45, 7) is -1.68. The number of amides is 11. The predicted octanol–water partition coefficient (Wildman–Crippen LogP) is -6.98. The van der Waals surface area contributed by atoms with E-state index >= 15 is 0 Å². The fourth-order valence-corrected chi connectivity index (χ4v) is 14.3. The number of aliphatic imine (C=N–C) groups is 2. The van der Waals surface area contributed by atoms with Crippen LogP contribution in [-0.4, -0.2) is 308 Å². The van der Waals surface area contributed by atoms with Gasteiger partial charge in [-0.15, -0.1) is 10.2 Å². The number of carboxylic acid groups (broad SMARTS) is 3. The smallest absolute Gasteiger partial charge is 0.335 e. The van der Waals surface area contributed by atoms with Gasteiger partial charge in [-0.3, -0.25) is 72.3 Å². The number of aliphatic carboxylic acids is 2. The highest BCUT2D eigenvalue weighted by Crippen LogP contribution is 2.28. The third-order valence-electron chi connectivity index (χ3n) is 21.5. The van der Waals surface area contributed by atoms with E-state index in [1.54, 1.807) is 60.7 Å². The van der Waals surface area contributed by atoms with Crippen LogP contribution in [0.3, 0.4) is 0 Å². The summed E-state index contributed by atoms with van der Waals surface area (Å²) in [6.07, 6.45) is -12.5. The summed E-state index contributed by atoms with van der Waals surface area (Å²) in [5.74, 6) is -13.7. The molecule has 2 fully saturated rings. The van der Waals surface area contributed by atoms with Gasteiger partial charge < -0.3 is 143 Å². The molecule has 0 saturated carbocycles. The van der Waals surface area contributed by atoms with Gasteiger partial charge in [-0.2, -0.15) is 0 Å². The van der Waals surface area contributed by atoms with Crippen molar-refractivity contribution < 1.29 is 131 Å². The number of hydrogen-bond donors (Lipinski definition) is 25. The van der Waals surface area contributed by atoms with Gasteiger partial charge in [0.1, 0.15) is 102 Å². The number of aromatic carboxylic acids is 1. The lowest BCUT2D eigenvalue weighted by Crippen LogP contribution is -2.63. The number of guanidine groups is 2. The van der Waals surface area contributed by atoms with Gasteiger partial charge in [0.25, 0.3) is 17.7 Å². The molecule has 4 aromatic carbocycles. The summed E-state index contributed by atoms with van der Waals surface area (Å²) in [4.78, 5) is 188. The highest BCUT2D eigenvalue weighted by atomic mass is 19.1. The first-order valence-electron chi connectivity index (χ1n) is 42.9. The molecule has 49 nitrogen and oxygen atoms in total. The topological polar surface area (TPSA) is 788 Å². The summed E-state index contributed by atoms with van der Waals surface area (Å²) >= 11 is 0. The summed E-state index contributed by atoms with van der Waals surface area (Å²) in [5.41, 5.74) is 29.4. The van der Waals surface area contributed by atoms with Crippen LogP contribution in [0.2, 0.25) is 0 Å². The van der Waals surface area contributed by atoms with Crippen LogP contribution in [0, 0.1) is 11.6 Å². The number of nitrogens with two attached hydrogens (primary N) is 5. The van der Waals surface area contributed by atoms with Crippen molar-refractivity contribution in [1.82, 2.24) is 88.5 Å². The van der Waals surface area contributed by atoms with Crippen molar-refractivity contribution in [3.8, 4) is 0 Å². The van der Waals surface area contributed by atoms with Gasteiger partial charge in [0, 0.05) is 44.8 Å². The zero-order valence-electron chi connectivity index (χ0n) is 72.8. The number of hydrogen-bond acceptors (Lipinski definition) is 29. The Kier molecular flexibility index (Phi) is 41.6. The molecule has 732 valence electrons. The van der Waals surface area contributed by atoms with Gasteiger partial charge in [0.15, 0.2) is 24.1 Å². The van der Waals surface area contributed by atoms with Gasteiger partial charge in [-0.1, -0.05) is 71.1 Å². The zero-order chi connectivity index (χ0) is 98.5.